The zero-order chi connectivity index (χ0) is 11.1. The van der Waals surface area contributed by atoms with E-state index in [-0.39, 0.29) is 0 Å². The maximum Gasteiger partial charge on any atom is 0.145 e. The summed E-state index contributed by atoms with van der Waals surface area (Å²) >= 11 is 3.46. The van der Waals surface area contributed by atoms with Crippen LogP contribution in [0.25, 0.3) is 0 Å². The molecule has 84 valence electrons. The maximum atomic E-state index is 4.18. The molecule has 1 rings (SSSR count). The summed E-state index contributed by atoms with van der Waals surface area (Å²) in [6.07, 6.45) is 5.20. The van der Waals surface area contributed by atoms with Gasteiger partial charge in [-0.05, 0) is 22.4 Å². The standard InChI is InChI=1S/C10H17BrN4/c1-3-4-5-6-13-10-8(11)9(12-2)14-7-15-10/h7H,3-6H2,1-2H3,(H2,12,13,14,15). The van der Waals surface area contributed by atoms with Gasteiger partial charge in [0.2, 0.25) is 0 Å². The van der Waals surface area contributed by atoms with E-state index in [9.17, 15) is 0 Å². The van der Waals surface area contributed by atoms with Crippen LogP contribution in [0.1, 0.15) is 26.2 Å². The van der Waals surface area contributed by atoms with Gasteiger partial charge in [0.1, 0.15) is 22.4 Å². The van der Waals surface area contributed by atoms with E-state index in [1.165, 1.54) is 19.3 Å². The van der Waals surface area contributed by atoms with Crippen molar-refractivity contribution in [3.8, 4) is 0 Å². The third kappa shape index (κ3) is 3.66. The molecule has 0 saturated heterocycles. The molecule has 0 radical (unpaired) electrons. The Bertz CT molecular complexity index is 303. The number of aromatic nitrogens is 2. The molecule has 0 bridgehead atoms. The van der Waals surface area contributed by atoms with Gasteiger partial charge in [0.05, 0.1) is 0 Å². The monoisotopic (exact) mass is 272 g/mol. The van der Waals surface area contributed by atoms with Gasteiger partial charge >= 0.3 is 0 Å². The van der Waals surface area contributed by atoms with Crippen molar-refractivity contribution in [2.75, 3.05) is 24.2 Å². The molecule has 1 heterocycles. The fourth-order valence-corrected chi connectivity index (χ4v) is 1.79. The van der Waals surface area contributed by atoms with Crippen LogP contribution in [0.5, 0.6) is 0 Å². The first-order chi connectivity index (χ1) is 7.29. The summed E-state index contributed by atoms with van der Waals surface area (Å²) in [6, 6.07) is 0. The van der Waals surface area contributed by atoms with Crippen molar-refractivity contribution < 1.29 is 0 Å². The van der Waals surface area contributed by atoms with E-state index in [1.54, 1.807) is 6.33 Å². The first-order valence-corrected chi connectivity index (χ1v) is 6.01. The van der Waals surface area contributed by atoms with Gasteiger partial charge in [-0.15, -0.1) is 0 Å². The number of nitrogens with one attached hydrogen (secondary N) is 2. The number of nitrogens with zero attached hydrogens (tertiary/aromatic N) is 2. The Morgan fingerprint density at radius 2 is 2.00 bits per heavy atom. The van der Waals surface area contributed by atoms with Crippen LogP contribution in [0.2, 0.25) is 0 Å². The van der Waals surface area contributed by atoms with Crippen molar-refractivity contribution in [2.45, 2.75) is 26.2 Å². The fourth-order valence-electron chi connectivity index (χ4n) is 1.25. The van der Waals surface area contributed by atoms with Crippen molar-refractivity contribution in [3.63, 3.8) is 0 Å². The van der Waals surface area contributed by atoms with Gasteiger partial charge in [-0.1, -0.05) is 19.8 Å². The molecule has 0 amide bonds. The first-order valence-electron chi connectivity index (χ1n) is 5.21. The lowest BCUT2D eigenvalue weighted by molar-refractivity contribution is 0.742. The van der Waals surface area contributed by atoms with E-state index >= 15 is 0 Å². The van der Waals surface area contributed by atoms with Crippen LogP contribution < -0.4 is 10.6 Å². The quantitative estimate of drug-likeness (QED) is 0.782. The second-order valence-corrected chi connectivity index (χ2v) is 4.06. The highest BCUT2D eigenvalue weighted by molar-refractivity contribution is 9.10. The molecule has 0 saturated carbocycles. The topological polar surface area (TPSA) is 49.8 Å². The molecule has 0 aromatic carbocycles. The van der Waals surface area contributed by atoms with E-state index in [0.717, 1.165) is 22.7 Å². The van der Waals surface area contributed by atoms with Crippen molar-refractivity contribution in [3.05, 3.63) is 10.8 Å². The molecule has 0 atom stereocenters. The third-order valence-electron chi connectivity index (χ3n) is 2.10. The Balaban J connectivity index is 2.53. The Morgan fingerprint density at radius 3 is 2.67 bits per heavy atom. The molecule has 2 N–H and O–H groups in total. The highest BCUT2D eigenvalue weighted by atomic mass is 79.9. The lowest BCUT2D eigenvalue weighted by Crippen LogP contribution is -2.06. The van der Waals surface area contributed by atoms with Crippen LogP contribution in [-0.2, 0) is 0 Å². The summed E-state index contributed by atoms with van der Waals surface area (Å²) in [4.78, 5) is 8.27. The van der Waals surface area contributed by atoms with Crippen LogP contribution in [0.15, 0.2) is 10.8 Å². The second-order valence-electron chi connectivity index (χ2n) is 3.27. The average Bonchev–Trinajstić information content (AvgIpc) is 2.26. The molecular weight excluding hydrogens is 256 g/mol. The van der Waals surface area contributed by atoms with Crippen LogP contribution in [-0.4, -0.2) is 23.6 Å². The molecule has 1 aromatic heterocycles. The van der Waals surface area contributed by atoms with Gasteiger partial charge in [-0.25, -0.2) is 9.97 Å². The van der Waals surface area contributed by atoms with Crippen LogP contribution >= 0.6 is 15.9 Å². The summed E-state index contributed by atoms with van der Waals surface area (Å²) in [5.41, 5.74) is 0. The normalized spacial score (nSPS) is 10.1. The zero-order valence-electron chi connectivity index (χ0n) is 9.18. The Labute approximate surface area is 99.0 Å². The number of hydrogen-bond donors (Lipinski definition) is 2. The summed E-state index contributed by atoms with van der Waals surface area (Å²) in [6.45, 7) is 3.15. The van der Waals surface area contributed by atoms with E-state index in [2.05, 4.69) is 43.5 Å². The predicted octanol–water partition coefficient (Wildman–Crippen LogP) is 2.88. The average molecular weight is 273 g/mol. The predicted molar refractivity (Wildman–Crippen MR) is 67.3 cm³/mol. The molecule has 0 fully saturated rings. The van der Waals surface area contributed by atoms with Crippen LogP contribution in [0, 0.1) is 0 Å². The van der Waals surface area contributed by atoms with E-state index < -0.39 is 0 Å². The number of unbranched alkanes of at least 4 members (excludes halogenated alkanes) is 2. The molecule has 0 aliphatic carbocycles. The summed E-state index contributed by atoms with van der Waals surface area (Å²) in [5, 5.41) is 6.28. The fraction of sp³-hybridized carbons (Fsp3) is 0.600. The van der Waals surface area contributed by atoms with Crippen molar-refractivity contribution in [1.29, 1.82) is 0 Å². The molecule has 0 aliphatic heterocycles. The van der Waals surface area contributed by atoms with E-state index in [4.69, 9.17) is 0 Å². The van der Waals surface area contributed by atoms with Crippen LogP contribution in [0.4, 0.5) is 11.6 Å². The Morgan fingerprint density at radius 1 is 1.27 bits per heavy atom. The van der Waals surface area contributed by atoms with Crippen molar-refractivity contribution in [1.82, 2.24) is 9.97 Å². The summed E-state index contributed by atoms with van der Waals surface area (Å²) in [7, 11) is 1.84. The molecule has 5 heteroatoms. The van der Waals surface area contributed by atoms with Gasteiger partial charge in [0.15, 0.2) is 0 Å². The SMILES string of the molecule is CCCCCNc1ncnc(NC)c1Br. The minimum Gasteiger partial charge on any atom is -0.372 e. The number of anilines is 2. The molecule has 1 aromatic rings. The minimum absolute atomic E-state index is 0.808. The van der Waals surface area contributed by atoms with Crippen molar-refractivity contribution >= 4 is 27.6 Å². The zero-order valence-corrected chi connectivity index (χ0v) is 10.8. The molecule has 15 heavy (non-hydrogen) atoms. The Kier molecular flexibility index (Phi) is 5.39. The molecular formula is C10H17BrN4. The third-order valence-corrected chi connectivity index (χ3v) is 2.85. The van der Waals surface area contributed by atoms with Gasteiger partial charge in [0, 0.05) is 13.6 Å². The lowest BCUT2D eigenvalue weighted by Gasteiger charge is -2.09. The van der Waals surface area contributed by atoms with Gasteiger partial charge in [0.25, 0.3) is 0 Å². The molecule has 0 spiro atoms. The minimum atomic E-state index is 0.808. The highest BCUT2D eigenvalue weighted by Gasteiger charge is 2.05. The van der Waals surface area contributed by atoms with Crippen LogP contribution in [0.3, 0.4) is 0 Å². The maximum absolute atomic E-state index is 4.18. The molecule has 0 aliphatic rings. The number of halogens is 1. The van der Waals surface area contributed by atoms with E-state index in [1.807, 2.05) is 7.05 Å². The highest BCUT2D eigenvalue weighted by Crippen LogP contribution is 2.25. The lowest BCUT2D eigenvalue weighted by atomic mass is 10.2. The van der Waals surface area contributed by atoms with Gasteiger partial charge < -0.3 is 10.6 Å². The van der Waals surface area contributed by atoms with Crippen molar-refractivity contribution in [2.24, 2.45) is 0 Å². The van der Waals surface area contributed by atoms with Gasteiger partial charge in [-0.3, -0.25) is 0 Å². The number of rotatable bonds is 6. The first kappa shape index (κ1) is 12.2. The summed E-state index contributed by atoms with van der Waals surface area (Å²) < 4.78 is 0.893. The number of hydrogen-bond acceptors (Lipinski definition) is 4. The summed E-state index contributed by atoms with van der Waals surface area (Å²) in [5.74, 6) is 1.66. The van der Waals surface area contributed by atoms with E-state index in [0.29, 0.717) is 0 Å². The second kappa shape index (κ2) is 6.61. The molecule has 4 nitrogen and oxygen atoms in total. The molecule has 0 unspecified atom stereocenters. The Hall–Kier alpha value is -0.840. The smallest absolute Gasteiger partial charge is 0.145 e. The van der Waals surface area contributed by atoms with Gasteiger partial charge in [-0.2, -0.15) is 0 Å². The largest absolute Gasteiger partial charge is 0.372 e.